The van der Waals surface area contributed by atoms with E-state index in [1.165, 1.54) is 39.0 Å². The number of fused-ring (bicyclic) bond motifs is 1. The molecule has 1 saturated carbocycles. The Balaban J connectivity index is 1.92. The number of rotatable bonds is 5. The molecule has 0 spiro atoms. The lowest BCUT2D eigenvalue weighted by Gasteiger charge is -2.26. The number of amides is 1. The van der Waals surface area contributed by atoms with Gasteiger partial charge in [0.1, 0.15) is 5.56 Å². The van der Waals surface area contributed by atoms with Crippen LogP contribution in [0.25, 0.3) is 0 Å². The summed E-state index contributed by atoms with van der Waals surface area (Å²) >= 11 is 0. The van der Waals surface area contributed by atoms with Gasteiger partial charge in [0.25, 0.3) is 11.5 Å². The number of esters is 1. The van der Waals surface area contributed by atoms with Gasteiger partial charge in [-0.3, -0.25) is 14.4 Å². The molecule has 1 N–H and O–H groups in total. The van der Waals surface area contributed by atoms with Gasteiger partial charge in [-0.25, -0.2) is 0 Å². The van der Waals surface area contributed by atoms with Crippen LogP contribution in [0.5, 0.6) is 0 Å². The SMILES string of the molecule is CC(=O)OCNC(=O)c1cc2c(n(CC3CCCCC3)c1=O)CCCCCC2. The minimum Gasteiger partial charge on any atom is -0.445 e. The van der Waals surface area contributed by atoms with Gasteiger partial charge in [-0.1, -0.05) is 32.1 Å². The Labute approximate surface area is 166 Å². The maximum absolute atomic E-state index is 13.2. The summed E-state index contributed by atoms with van der Waals surface area (Å²) in [6.07, 6.45) is 12.4. The average molecular weight is 389 g/mol. The van der Waals surface area contributed by atoms with E-state index in [2.05, 4.69) is 5.32 Å². The van der Waals surface area contributed by atoms with Crippen LogP contribution in [0.15, 0.2) is 10.9 Å². The third kappa shape index (κ3) is 5.24. The average Bonchev–Trinajstić information content (AvgIpc) is 2.65. The summed E-state index contributed by atoms with van der Waals surface area (Å²) in [6.45, 7) is 1.79. The summed E-state index contributed by atoms with van der Waals surface area (Å²) < 4.78 is 6.70. The molecule has 2 aliphatic carbocycles. The molecule has 1 amide bonds. The van der Waals surface area contributed by atoms with Gasteiger partial charge in [0.15, 0.2) is 6.73 Å². The van der Waals surface area contributed by atoms with Crippen molar-refractivity contribution in [3.8, 4) is 0 Å². The van der Waals surface area contributed by atoms with Crippen LogP contribution in [-0.2, 0) is 28.9 Å². The lowest BCUT2D eigenvalue weighted by molar-refractivity contribution is -0.141. The van der Waals surface area contributed by atoms with Crippen LogP contribution in [0.2, 0.25) is 0 Å². The molecule has 0 atom stereocenters. The van der Waals surface area contributed by atoms with E-state index in [0.717, 1.165) is 49.8 Å². The number of carbonyl (C=O) groups is 2. The fourth-order valence-electron chi connectivity index (χ4n) is 4.52. The summed E-state index contributed by atoms with van der Waals surface area (Å²) in [5, 5.41) is 2.54. The Morgan fingerprint density at radius 1 is 1.07 bits per heavy atom. The Morgan fingerprint density at radius 2 is 1.75 bits per heavy atom. The van der Waals surface area contributed by atoms with Gasteiger partial charge in [0.05, 0.1) is 0 Å². The highest BCUT2D eigenvalue weighted by Crippen LogP contribution is 2.27. The van der Waals surface area contributed by atoms with Gasteiger partial charge >= 0.3 is 5.97 Å². The van der Waals surface area contributed by atoms with Crippen LogP contribution in [-0.4, -0.2) is 23.2 Å². The van der Waals surface area contributed by atoms with Crippen molar-refractivity contribution in [2.75, 3.05) is 6.73 Å². The molecule has 0 saturated heterocycles. The summed E-state index contributed by atoms with van der Waals surface area (Å²) in [5.74, 6) is -0.415. The van der Waals surface area contributed by atoms with Gasteiger partial charge in [0, 0.05) is 19.2 Å². The Kier molecular flexibility index (Phi) is 7.29. The third-order valence-electron chi connectivity index (χ3n) is 6.02. The first kappa shape index (κ1) is 20.6. The van der Waals surface area contributed by atoms with Crippen molar-refractivity contribution < 1.29 is 14.3 Å². The van der Waals surface area contributed by atoms with Gasteiger partial charge < -0.3 is 14.6 Å². The van der Waals surface area contributed by atoms with Crippen molar-refractivity contribution in [1.29, 1.82) is 0 Å². The summed E-state index contributed by atoms with van der Waals surface area (Å²) in [4.78, 5) is 36.8. The Morgan fingerprint density at radius 3 is 2.46 bits per heavy atom. The largest absolute Gasteiger partial charge is 0.445 e. The molecule has 1 aromatic heterocycles. The van der Waals surface area contributed by atoms with E-state index in [-0.39, 0.29) is 17.9 Å². The molecule has 154 valence electrons. The highest BCUT2D eigenvalue weighted by Gasteiger charge is 2.23. The molecule has 6 nitrogen and oxygen atoms in total. The smallest absolute Gasteiger partial charge is 0.304 e. The van der Waals surface area contributed by atoms with E-state index in [9.17, 15) is 14.4 Å². The highest BCUT2D eigenvalue weighted by molar-refractivity contribution is 5.94. The molecule has 28 heavy (non-hydrogen) atoms. The molecular formula is C22H32N2O4. The van der Waals surface area contributed by atoms with Gasteiger partial charge in [-0.15, -0.1) is 0 Å². The monoisotopic (exact) mass is 388 g/mol. The predicted molar refractivity (Wildman–Crippen MR) is 107 cm³/mol. The maximum Gasteiger partial charge on any atom is 0.304 e. The van der Waals surface area contributed by atoms with Crippen molar-refractivity contribution >= 4 is 11.9 Å². The quantitative estimate of drug-likeness (QED) is 0.620. The molecule has 6 heteroatoms. The van der Waals surface area contributed by atoms with E-state index in [1.54, 1.807) is 6.07 Å². The van der Waals surface area contributed by atoms with E-state index in [0.29, 0.717) is 12.5 Å². The molecule has 0 bridgehead atoms. The molecule has 3 rings (SSSR count). The molecule has 0 radical (unpaired) electrons. The number of hydrogen-bond acceptors (Lipinski definition) is 4. The first-order valence-electron chi connectivity index (χ1n) is 10.7. The summed E-state index contributed by atoms with van der Waals surface area (Å²) in [5.41, 5.74) is 2.23. The first-order valence-corrected chi connectivity index (χ1v) is 10.7. The van der Waals surface area contributed by atoms with Crippen molar-refractivity contribution in [3.63, 3.8) is 0 Å². The van der Waals surface area contributed by atoms with Gasteiger partial charge in [-0.2, -0.15) is 0 Å². The lowest BCUT2D eigenvalue weighted by Crippen LogP contribution is -2.37. The normalized spacial score (nSPS) is 17.9. The van der Waals surface area contributed by atoms with Crippen LogP contribution >= 0.6 is 0 Å². The standard InChI is InChI=1S/C22H32N2O4/c1-16(25)28-15-23-21(26)19-13-18-11-7-2-3-8-12-20(18)24(22(19)27)14-17-9-5-4-6-10-17/h13,17H,2-12,14-15H2,1H3,(H,23,26). The second-order valence-electron chi connectivity index (χ2n) is 8.15. The van der Waals surface area contributed by atoms with Gasteiger partial charge in [-0.05, 0) is 56.1 Å². The molecule has 0 aromatic carbocycles. The molecule has 0 aliphatic heterocycles. The summed E-state index contributed by atoms with van der Waals surface area (Å²) in [6, 6.07) is 1.78. The van der Waals surface area contributed by atoms with Crippen molar-refractivity contribution in [1.82, 2.24) is 9.88 Å². The van der Waals surface area contributed by atoms with E-state index >= 15 is 0 Å². The zero-order chi connectivity index (χ0) is 19.9. The molecule has 0 unspecified atom stereocenters. The topological polar surface area (TPSA) is 77.4 Å². The Bertz CT molecular complexity index is 763. The zero-order valence-electron chi connectivity index (χ0n) is 16.9. The van der Waals surface area contributed by atoms with Crippen LogP contribution in [0.3, 0.4) is 0 Å². The predicted octanol–water partition coefficient (Wildman–Crippen LogP) is 3.34. The second-order valence-corrected chi connectivity index (χ2v) is 8.15. The fourth-order valence-corrected chi connectivity index (χ4v) is 4.52. The van der Waals surface area contributed by atoms with Crippen LogP contribution in [0, 0.1) is 5.92 Å². The second kappa shape index (κ2) is 9.89. The number of pyridine rings is 1. The zero-order valence-corrected chi connectivity index (χ0v) is 16.9. The van der Waals surface area contributed by atoms with Crippen molar-refractivity contribution in [2.24, 2.45) is 5.92 Å². The van der Waals surface area contributed by atoms with Crippen LogP contribution < -0.4 is 10.9 Å². The lowest BCUT2D eigenvalue weighted by atomic mass is 9.88. The fraction of sp³-hybridized carbons (Fsp3) is 0.682. The van der Waals surface area contributed by atoms with Crippen LogP contribution in [0.4, 0.5) is 0 Å². The maximum atomic E-state index is 13.2. The number of aromatic nitrogens is 1. The summed E-state index contributed by atoms with van der Waals surface area (Å²) in [7, 11) is 0. The molecule has 1 aromatic rings. The van der Waals surface area contributed by atoms with Gasteiger partial charge in [0.2, 0.25) is 0 Å². The minimum atomic E-state index is -0.465. The number of hydrogen-bond donors (Lipinski definition) is 1. The number of ether oxygens (including phenoxy) is 1. The number of nitrogens with one attached hydrogen (secondary N) is 1. The van der Waals surface area contributed by atoms with Crippen molar-refractivity contribution in [2.45, 2.75) is 84.1 Å². The highest BCUT2D eigenvalue weighted by atomic mass is 16.5. The van der Waals surface area contributed by atoms with E-state index < -0.39 is 11.9 Å². The molecule has 1 heterocycles. The number of carbonyl (C=O) groups excluding carboxylic acids is 2. The van der Waals surface area contributed by atoms with Crippen LogP contribution in [0.1, 0.15) is 86.3 Å². The first-order chi connectivity index (χ1) is 13.6. The molecular weight excluding hydrogens is 356 g/mol. The van der Waals surface area contributed by atoms with E-state index in [1.807, 2.05) is 4.57 Å². The number of aryl methyl sites for hydroxylation is 1. The molecule has 1 fully saturated rings. The van der Waals surface area contributed by atoms with Crippen molar-refractivity contribution in [3.05, 3.63) is 33.2 Å². The molecule has 2 aliphatic rings. The third-order valence-corrected chi connectivity index (χ3v) is 6.02. The Hall–Kier alpha value is -2.11. The number of nitrogens with zero attached hydrogens (tertiary/aromatic N) is 1. The van der Waals surface area contributed by atoms with E-state index in [4.69, 9.17) is 4.74 Å². The minimum absolute atomic E-state index is 0.169.